The Morgan fingerprint density at radius 1 is 1.00 bits per heavy atom. The number of rotatable bonds is 6. The molecule has 178 valence electrons. The van der Waals surface area contributed by atoms with Crippen LogP contribution in [0.1, 0.15) is 29.7 Å². The fourth-order valence-corrected chi connectivity index (χ4v) is 5.29. The van der Waals surface area contributed by atoms with Gasteiger partial charge in [0.1, 0.15) is 0 Å². The Bertz CT molecular complexity index is 1310. The minimum absolute atomic E-state index is 0.0911. The maximum Gasteiger partial charge on any atom is 0.319 e. The van der Waals surface area contributed by atoms with Crippen molar-refractivity contribution in [3.05, 3.63) is 87.4 Å². The minimum atomic E-state index is -3.77. The molecule has 3 aromatic rings. The second-order valence-electron chi connectivity index (χ2n) is 8.00. The topological polar surface area (TPSA) is 99.3 Å². The van der Waals surface area contributed by atoms with Crippen molar-refractivity contribution in [2.45, 2.75) is 30.8 Å². The van der Waals surface area contributed by atoms with Gasteiger partial charge >= 0.3 is 6.03 Å². The first kappa shape index (κ1) is 24.3. The van der Waals surface area contributed by atoms with Gasteiger partial charge in [0.2, 0.25) is 0 Å². The van der Waals surface area contributed by atoms with E-state index in [0.717, 1.165) is 25.1 Å². The zero-order valence-electron chi connectivity index (χ0n) is 18.4. The number of urea groups is 1. The number of fused-ring (bicyclic) bond motifs is 1. The lowest BCUT2D eigenvalue weighted by atomic mass is 10.0. The van der Waals surface area contributed by atoms with E-state index in [2.05, 4.69) is 20.7 Å². The highest BCUT2D eigenvalue weighted by atomic mass is 35.5. The van der Waals surface area contributed by atoms with Gasteiger partial charge in [-0.25, -0.2) is 13.2 Å². The first-order valence-corrected chi connectivity index (χ1v) is 12.9. The SMILES string of the molecule is CC(NC(=O)Nc1ccc(S(=O)(=O)Nc2ccc3c(c2)CNCC3)cc1)c1cccc(Cl)c1Cl. The third-order valence-electron chi connectivity index (χ3n) is 5.56. The molecule has 0 bridgehead atoms. The van der Waals surface area contributed by atoms with E-state index in [1.165, 1.54) is 29.8 Å². The minimum Gasteiger partial charge on any atom is -0.331 e. The van der Waals surface area contributed by atoms with Crippen LogP contribution in [0.15, 0.2) is 65.6 Å². The lowest BCUT2D eigenvalue weighted by molar-refractivity contribution is 0.249. The third kappa shape index (κ3) is 5.64. The van der Waals surface area contributed by atoms with Crippen LogP contribution in [-0.2, 0) is 23.0 Å². The molecule has 0 aromatic heterocycles. The zero-order chi connectivity index (χ0) is 24.3. The molecule has 1 unspecified atom stereocenters. The van der Waals surface area contributed by atoms with Crippen LogP contribution in [0.4, 0.5) is 16.2 Å². The quantitative estimate of drug-likeness (QED) is 0.354. The molecule has 0 radical (unpaired) electrons. The monoisotopic (exact) mass is 518 g/mol. The Labute approximate surface area is 208 Å². The third-order valence-corrected chi connectivity index (χ3v) is 7.79. The van der Waals surface area contributed by atoms with Crippen molar-refractivity contribution < 1.29 is 13.2 Å². The van der Waals surface area contributed by atoms with Gasteiger partial charge in [-0.15, -0.1) is 0 Å². The molecule has 0 aliphatic carbocycles. The molecular formula is C24H24Cl2N4O3S. The number of sulfonamides is 1. The fraction of sp³-hybridized carbons (Fsp3) is 0.208. The van der Waals surface area contributed by atoms with Crippen molar-refractivity contribution in [3.63, 3.8) is 0 Å². The predicted octanol–water partition coefficient (Wildman–Crippen LogP) is 5.32. The molecule has 3 aromatic carbocycles. The summed E-state index contributed by atoms with van der Waals surface area (Å²) in [6.45, 7) is 3.43. The van der Waals surface area contributed by atoms with Crippen LogP contribution >= 0.6 is 23.2 Å². The average molecular weight is 519 g/mol. The maximum atomic E-state index is 12.8. The van der Waals surface area contributed by atoms with Gasteiger partial charge in [-0.1, -0.05) is 41.4 Å². The summed E-state index contributed by atoms with van der Waals surface area (Å²) in [4.78, 5) is 12.5. The van der Waals surface area contributed by atoms with Gasteiger partial charge in [0.15, 0.2) is 0 Å². The molecule has 10 heteroatoms. The molecule has 2 amide bonds. The molecule has 4 N–H and O–H groups in total. The summed E-state index contributed by atoms with van der Waals surface area (Å²) in [5, 5.41) is 9.55. The Balaban J connectivity index is 1.39. The van der Waals surface area contributed by atoms with E-state index in [1.807, 2.05) is 12.1 Å². The average Bonchev–Trinajstić information content (AvgIpc) is 2.80. The smallest absolute Gasteiger partial charge is 0.319 e. The van der Waals surface area contributed by atoms with Crippen molar-refractivity contribution in [2.24, 2.45) is 0 Å². The number of carbonyl (C=O) groups is 1. The molecule has 1 aliphatic heterocycles. The maximum absolute atomic E-state index is 12.8. The Morgan fingerprint density at radius 2 is 1.74 bits per heavy atom. The number of amides is 2. The van der Waals surface area contributed by atoms with Crippen LogP contribution in [0.25, 0.3) is 0 Å². The standard InChI is InChI=1S/C24H24Cl2N4O3S/c1-15(21-3-2-4-22(25)23(21)26)28-24(31)29-18-7-9-20(10-8-18)34(32,33)30-19-6-5-16-11-12-27-14-17(16)13-19/h2-10,13,15,27,30H,11-12,14H2,1H3,(H2,28,29,31). The van der Waals surface area contributed by atoms with Crippen molar-refractivity contribution in [1.29, 1.82) is 0 Å². The summed E-state index contributed by atoms with van der Waals surface area (Å²) < 4.78 is 28.3. The summed E-state index contributed by atoms with van der Waals surface area (Å²) in [5.74, 6) is 0. The molecule has 0 saturated carbocycles. The Hall–Kier alpha value is -2.78. The number of halogens is 2. The normalized spacial score (nSPS) is 14.1. The van der Waals surface area contributed by atoms with Gasteiger partial charge in [0, 0.05) is 17.9 Å². The highest BCUT2D eigenvalue weighted by Crippen LogP contribution is 2.30. The summed E-state index contributed by atoms with van der Waals surface area (Å²) in [6.07, 6.45) is 0.926. The van der Waals surface area contributed by atoms with Crippen molar-refractivity contribution in [2.75, 3.05) is 16.6 Å². The molecule has 0 saturated heterocycles. The molecule has 1 atom stereocenters. The van der Waals surface area contributed by atoms with Crippen LogP contribution in [0.2, 0.25) is 10.0 Å². The zero-order valence-corrected chi connectivity index (χ0v) is 20.7. The van der Waals surface area contributed by atoms with E-state index < -0.39 is 16.1 Å². The fourth-order valence-electron chi connectivity index (χ4n) is 3.77. The molecule has 1 heterocycles. The van der Waals surface area contributed by atoms with E-state index in [9.17, 15) is 13.2 Å². The lowest BCUT2D eigenvalue weighted by Crippen LogP contribution is -2.31. The van der Waals surface area contributed by atoms with Gasteiger partial charge < -0.3 is 16.0 Å². The molecule has 7 nitrogen and oxygen atoms in total. The van der Waals surface area contributed by atoms with Crippen LogP contribution in [0.5, 0.6) is 0 Å². The van der Waals surface area contributed by atoms with Gasteiger partial charge in [0.05, 0.1) is 21.0 Å². The van der Waals surface area contributed by atoms with Crippen LogP contribution in [-0.4, -0.2) is 21.0 Å². The van der Waals surface area contributed by atoms with E-state index in [-0.39, 0.29) is 10.9 Å². The van der Waals surface area contributed by atoms with Gasteiger partial charge in [0.25, 0.3) is 10.0 Å². The number of carbonyl (C=O) groups excluding carboxylic acids is 1. The number of hydrogen-bond acceptors (Lipinski definition) is 4. The van der Waals surface area contributed by atoms with E-state index in [1.54, 1.807) is 31.2 Å². The number of benzene rings is 3. The van der Waals surface area contributed by atoms with Gasteiger partial charge in [-0.2, -0.15) is 0 Å². The molecule has 4 rings (SSSR count). The van der Waals surface area contributed by atoms with E-state index in [4.69, 9.17) is 23.2 Å². The number of anilines is 2. The highest BCUT2D eigenvalue weighted by Gasteiger charge is 2.17. The van der Waals surface area contributed by atoms with Crippen LogP contribution in [0, 0.1) is 0 Å². The Morgan fingerprint density at radius 3 is 2.50 bits per heavy atom. The van der Waals surface area contributed by atoms with Crippen LogP contribution in [0.3, 0.4) is 0 Å². The van der Waals surface area contributed by atoms with Gasteiger partial charge in [-0.3, -0.25) is 4.72 Å². The summed E-state index contributed by atoms with van der Waals surface area (Å²) >= 11 is 12.3. The highest BCUT2D eigenvalue weighted by molar-refractivity contribution is 7.92. The second-order valence-corrected chi connectivity index (χ2v) is 10.5. The van der Waals surface area contributed by atoms with Crippen molar-refractivity contribution >= 4 is 50.6 Å². The predicted molar refractivity (Wildman–Crippen MR) is 136 cm³/mol. The molecule has 34 heavy (non-hydrogen) atoms. The van der Waals surface area contributed by atoms with Crippen molar-refractivity contribution in [1.82, 2.24) is 10.6 Å². The first-order valence-electron chi connectivity index (χ1n) is 10.7. The lowest BCUT2D eigenvalue weighted by Gasteiger charge is -2.18. The number of nitrogens with one attached hydrogen (secondary N) is 4. The number of hydrogen-bond donors (Lipinski definition) is 4. The molecule has 0 fully saturated rings. The summed E-state index contributed by atoms with van der Waals surface area (Å²) in [7, 11) is -3.77. The molecule has 1 aliphatic rings. The van der Waals surface area contributed by atoms with Crippen LogP contribution < -0.4 is 20.7 Å². The largest absolute Gasteiger partial charge is 0.331 e. The first-order chi connectivity index (χ1) is 16.2. The second kappa shape index (κ2) is 10.2. The Kier molecular flexibility index (Phi) is 7.33. The van der Waals surface area contributed by atoms with Gasteiger partial charge in [-0.05, 0) is 79.0 Å². The molecule has 0 spiro atoms. The summed E-state index contributed by atoms with van der Waals surface area (Å²) in [5.41, 5.74) is 3.96. The van der Waals surface area contributed by atoms with E-state index in [0.29, 0.717) is 27.0 Å². The summed E-state index contributed by atoms with van der Waals surface area (Å²) in [6, 6.07) is 15.9. The molecular weight excluding hydrogens is 495 g/mol. The van der Waals surface area contributed by atoms with Crippen molar-refractivity contribution in [3.8, 4) is 0 Å². The van der Waals surface area contributed by atoms with E-state index >= 15 is 0 Å².